The van der Waals surface area contributed by atoms with Crippen LogP contribution in [-0.2, 0) is 19.4 Å². The molecule has 0 atom stereocenters. The monoisotopic (exact) mass is 254 g/mol. The Morgan fingerprint density at radius 1 is 1.32 bits per heavy atom. The highest BCUT2D eigenvalue weighted by molar-refractivity contribution is 5.73. The van der Waals surface area contributed by atoms with E-state index in [4.69, 9.17) is 5.26 Å². The quantitative estimate of drug-likeness (QED) is 0.761. The number of benzene rings is 1. The molecule has 0 spiro atoms. The van der Waals surface area contributed by atoms with Crippen molar-refractivity contribution in [2.75, 3.05) is 0 Å². The summed E-state index contributed by atoms with van der Waals surface area (Å²) in [6.45, 7) is 2.16. The molecule has 5 nitrogen and oxygen atoms in total. The molecule has 0 amide bonds. The van der Waals surface area contributed by atoms with Crippen LogP contribution in [0.3, 0.4) is 0 Å². The fourth-order valence-electron chi connectivity index (χ4n) is 1.91. The molecule has 96 valence electrons. The lowest BCUT2D eigenvalue weighted by atomic mass is 10.1. The van der Waals surface area contributed by atoms with Crippen molar-refractivity contribution < 1.29 is 4.79 Å². The molecule has 0 aliphatic rings. The first-order valence-corrected chi connectivity index (χ1v) is 6.04. The molecule has 2 aromatic rings. The number of carbonyl (C=O) groups is 1. The third-order valence-corrected chi connectivity index (χ3v) is 2.97. The summed E-state index contributed by atoms with van der Waals surface area (Å²) in [6.07, 6.45) is 2.12. The van der Waals surface area contributed by atoms with Gasteiger partial charge in [0.15, 0.2) is 6.29 Å². The first-order chi connectivity index (χ1) is 9.24. The zero-order valence-corrected chi connectivity index (χ0v) is 10.7. The van der Waals surface area contributed by atoms with E-state index in [0.717, 1.165) is 12.1 Å². The maximum absolute atomic E-state index is 10.9. The van der Waals surface area contributed by atoms with Gasteiger partial charge in [-0.3, -0.25) is 4.79 Å². The second-order valence-electron chi connectivity index (χ2n) is 4.34. The van der Waals surface area contributed by atoms with Gasteiger partial charge in [-0.25, -0.2) is 4.68 Å². The van der Waals surface area contributed by atoms with E-state index in [-0.39, 0.29) is 6.54 Å². The molecular formula is C14H14N4O. The maximum Gasteiger partial charge on any atom is 0.172 e. The third kappa shape index (κ3) is 3.05. The zero-order valence-electron chi connectivity index (χ0n) is 10.7. The van der Waals surface area contributed by atoms with Crippen LogP contribution in [0.4, 0.5) is 0 Å². The summed E-state index contributed by atoms with van der Waals surface area (Å²) in [6, 6.07) is 10.3. The predicted octanol–water partition coefficient (Wildman–Crippen LogP) is 1.71. The van der Waals surface area contributed by atoms with E-state index in [1.165, 1.54) is 15.8 Å². The number of nitriles is 1. The Balaban J connectivity index is 2.14. The molecule has 0 fully saturated rings. The first-order valence-electron chi connectivity index (χ1n) is 6.04. The molecule has 0 N–H and O–H groups in total. The molecule has 1 heterocycles. The Morgan fingerprint density at radius 3 is 2.68 bits per heavy atom. The van der Waals surface area contributed by atoms with Crippen molar-refractivity contribution in [2.24, 2.45) is 0 Å². The van der Waals surface area contributed by atoms with Crippen LogP contribution in [-0.4, -0.2) is 21.3 Å². The summed E-state index contributed by atoms with van der Waals surface area (Å²) >= 11 is 0. The van der Waals surface area contributed by atoms with E-state index in [1.54, 1.807) is 0 Å². The molecule has 0 saturated heterocycles. The highest BCUT2D eigenvalue weighted by Crippen LogP contribution is 2.10. The van der Waals surface area contributed by atoms with Gasteiger partial charge in [-0.05, 0) is 25.3 Å². The lowest BCUT2D eigenvalue weighted by molar-refractivity contribution is 0.111. The Morgan fingerprint density at radius 2 is 2.05 bits per heavy atom. The van der Waals surface area contributed by atoms with Gasteiger partial charge in [0.25, 0.3) is 0 Å². The van der Waals surface area contributed by atoms with Gasteiger partial charge in [0.2, 0.25) is 0 Å². The number of aldehydes is 1. The van der Waals surface area contributed by atoms with E-state index in [1.807, 2.05) is 13.0 Å². The van der Waals surface area contributed by atoms with E-state index < -0.39 is 0 Å². The van der Waals surface area contributed by atoms with Crippen LogP contribution in [0, 0.1) is 18.3 Å². The number of aryl methyl sites for hydroxylation is 2. The highest BCUT2D eigenvalue weighted by atomic mass is 16.1. The smallest absolute Gasteiger partial charge is 0.172 e. The SMILES string of the molecule is Cc1ccc(CCc2c(C=O)nnn2CC#N)cc1. The van der Waals surface area contributed by atoms with Crippen LogP contribution in [0.25, 0.3) is 0 Å². The molecule has 1 aromatic heterocycles. The van der Waals surface area contributed by atoms with Crippen molar-refractivity contribution in [1.82, 2.24) is 15.0 Å². The molecule has 0 aliphatic heterocycles. The largest absolute Gasteiger partial charge is 0.296 e. The van der Waals surface area contributed by atoms with Crippen molar-refractivity contribution in [2.45, 2.75) is 26.3 Å². The van der Waals surface area contributed by atoms with Gasteiger partial charge in [0.05, 0.1) is 11.8 Å². The molecule has 1 aromatic carbocycles. The summed E-state index contributed by atoms with van der Waals surface area (Å²) in [4.78, 5) is 10.9. The van der Waals surface area contributed by atoms with Crippen molar-refractivity contribution in [3.63, 3.8) is 0 Å². The number of rotatable bonds is 5. The average molecular weight is 254 g/mol. The maximum atomic E-state index is 10.9. The van der Waals surface area contributed by atoms with Gasteiger partial charge >= 0.3 is 0 Å². The average Bonchev–Trinajstić information content (AvgIpc) is 2.81. The minimum atomic E-state index is 0.115. The van der Waals surface area contributed by atoms with Gasteiger partial charge < -0.3 is 0 Å². The Kier molecular flexibility index (Phi) is 4.04. The van der Waals surface area contributed by atoms with Crippen LogP contribution in [0.2, 0.25) is 0 Å². The van der Waals surface area contributed by atoms with Crippen LogP contribution in [0.5, 0.6) is 0 Å². The number of carbonyl (C=O) groups excluding carboxylic acids is 1. The molecule has 0 aliphatic carbocycles. The van der Waals surface area contributed by atoms with Crippen LogP contribution < -0.4 is 0 Å². The molecule has 5 heteroatoms. The number of nitrogens with zero attached hydrogens (tertiary/aromatic N) is 4. The minimum absolute atomic E-state index is 0.115. The lowest BCUT2D eigenvalue weighted by Gasteiger charge is -2.04. The second-order valence-corrected chi connectivity index (χ2v) is 4.34. The van der Waals surface area contributed by atoms with Gasteiger partial charge in [-0.15, -0.1) is 5.10 Å². The third-order valence-electron chi connectivity index (χ3n) is 2.97. The number of hydrogen-bond acceptors (Lipinski definition) is 4. The van der Waals surface area contributed by atoms with E-state index >= 15 is 0 Å². The number of aromatic nitrogens is 3. The van der Waals surface area contributed by atoms with Gasteiger partial charge in [0.1, 0.15) is 12.2 Å². The van der Waals surface area contributed by atoms with Crippen LogP contribution in [0.15, 0.2) is 24.3 Å². The fourth-order valence-corrected chi connectivity index (χ4v) is 1.91. The second kappa shape index (κ2) is 5.91. The topological polar surface area (TPSA) is 71.6 Å². The van der Waals surface area contributed by atoms with Gasteiger partial charge in [-0.2, -0.15) is 5.26 Å². The standard InChI is InChI=1S/C14H14N4O/c1-11-2-4-12(5-3-11)6-7-14-13(10-19)16-17-18(14)9-8-15/h2-5,10H,6-7,9H2,1H3. The summed E-state index contributed by atoms with van der Waals surface area (Å²) in [5.41, 5.74) is 3.44. The predicted molar refractivity (Wildman–Crippen MR) is 69.6 cm³/mol. The lowest BCUT2D eigenvalue weighted by Crippen LogP contribution is -2.06. The highest BCUT2D eigenvalue weighted by Gasteiger charge is 2.11. The summed E-state index contributed by atoms with van der Waals surface area (Å²) in [5, 5.41) is 16.3. The fraction of sp³-hybridized carbons (Fsp3) is 0.286. The number of hydrogen-bond donors (Lipinski definition) is 0. The Hall–Kier alpha value is -2.48. The van der Waals surface area contributed by atoms with Crippen LogP contribution >= 0.6 is 0 Å². The molecule has 19 heavy (non-hydrogen) atoms. The van der Waals surface area contributed by atoms with E-state index in [9.17, 15) is 4.79 Å². The summed E-state index contributed by atoms with van der Waals surface area (Å²) in [7, 11) is 0. The normalized spacial score (nSPS) is 10.1. The van der Waals surface area contributed by atoms with E-state index in [2.05, 4.69) is 34.6 Å². The first kappa shape index (κ1) is 13.0. The Labute approximate surface area is 111 Å². The van der Waals surface area contributed by atoms with E-state index in [0.29, 0.717) is 18.4 Å². The molecule has 2 rings (SSSR count). The molecule has 0 saturated carbocycles. The van der Waals surface area contributed by atoms with Crippen LogP contribution in [0.1, 0.15) is 27.3 Å². The zero-order chi connectivity index (χ0) is 13.7. The summed E-state index contributed by atoms with van der Waals surface area (Å²) in [5.74, 6) is 0. The van der Waals surface area contributed by atoms with Crippen molar-refractivity contribution in [1.29, 1.82) is 5.26 Å². The molecular weight excluding hydrogens is 240 g/mol. The van der Waals surface area contributed by atoms with Gasteiger partial charge in [0, 0.05) is 0 Å². The van der Waals surface area contributed by atoms with Crippen molar-refractivity contribution in [3.8, 4) is 6.07 Å². The van der Waals surface area contributed by atoms with Crippen molar-refractivity contribution in [3.05, 3.63) is 46.8 Å². The Bertz CT molecular complexity index is 607. The van der Waals surface area contributed by atoms with Gasteiger partial charge in [-0.1, -0.05) is 35.0 Å². The molecule has 0 radical (unpaired) electrons. The summed E-state index contributed by atoms with van der Waals surface area (Å²) < 4.78 is 1.48. The van der Waals surface area contributed by atoms with Crippen molar-refractivity contribution >= 4 is 6.29 Å². The molecule has 0 unspecified atom stereocenters. The minimum Gasteiger partial charge on any atom is -0.296 e. The molecule has 0 bridgehead atoms.